The van der Waals surface area contributed by atoms with Crippen LogP contribution >= 0.6 is 34.8 Å². The normalized spacial score (nSPS) is 13.8. The third-order valence-corrected chi connectivity index (χ3v) is 12.7. The summed E-state index contributed by atoms with van der Waals surface area (Å²) in [5, 5.41) is 5.67. The van der Waals surface area contributed by atoms with Crippen LogP contribution in [0.1, 0.15) is 85.3 Å². The summed E-state index contributed by atoms with van der Waals surface area (Å²) in [7, 11) is -4.31. The summed E-state index contributed by atoms with van der Waals surface area (Å²) < 4.78 is 30.9. The Labute approximate surface area is 335 Å². The molecular weight excluding hydrogens is 781 g/mol. The van der Waals surface area contributed by atoms with Gasteiger partial charge in [-0.05, 0) is 97.0 Å². The van der Waals surface area contributed by atoms with Crippen molar-refractivity contribution in [3.05, 3.63) is 139 Å². The Kier molecular flexibility index (Phi) is 11.1. The van der Waals surface area contributed by atoms with E-state index in [-0.39, 0.29) is 44.9 Å². The van der Waals surface area contributed by atoms with Crippen LogP contribution < -0.4 is 9.62 Å². The zero-order valence-corrected chi connectivity index (χ0v) is 33.3. The van der Waals surface area contributed by atoms with Crippen LogP contribution in [0, 0.1) is 6.92 Å². The molecule has 4 aromatic carbocycles. The lowest BCUT2D eigenvalue weighted by Crippen LogP contribution is -2.37. The number of hydrogen-bond acceptors (Lipinski definition) is 7. The molecule has 55 heavy (non-hydrogen) atoms. The van der Waals surface area contributed by atoms with Crippen LogP contribution in [0.3, 0.4) is 0 Å². The molecule has 284 valence electrons. The lowest BCUT2D eigenvalue weighted by Gasteiger charge is -2.29. The highest BCUT2D eigenvalue weighted by atomic mass is 35.5. The first-order valence-electron chi connectivity index (χ1n) is 18.0. The predicted octanol–water partition coefficient (Wildman–Crippen LogP) is 8.39. The Morgan fingerprint density at radius 2 is 1.58 bits per heavy atom. The molecule has 0 atom stereocenters. The molecule has 1 aromatic heterocycles. The van der Waals surface area contributed by atoms with Crippen LogP contribution in [0.2, 0.25) is 15.1 Å². The van der Waals surface area contributed by atoms with Gasteiger partial charge in [-0.25, -0.2) is 17.8 Å². The number of carbonyl (C=O) groups is 3. The Morgan fingerprint density at radius 1 is 0.836 bits per heavy atom. The van der Waals surface area contributed by atoms with Gasteiger partial charge in [-0.1, -0.05) is 78.5 Å². The molecule has 2 aliphatic heterocycles. The van der Waals surface area contributed by atoms with Crippen LogP contribution in [-0.4, -0.2) is 53.8 Å². The molecule has 14 heteroatoms. The smallest absolute Gasteiger partial charge is 0.265 e. The highest BCUT2D eigenvalue weighted by molar-refractivity contribution is 7.90. The molecular formula is C41H38Cl3N5O5S. The summed E-state index contributed by atoms with van der Waals surface area (Å²) >= 11 is 18.9. The van der Waals surface area contributed by atoms with Gasteiger partial charge in [0.1, 0.15) is 5.69 Å². The summed E-state index contributed by atoms with van der Waals surface area (Å²) in [6.45, 7) is 5.71. The summed E-state index contributed by atoms with van der Waals surface area (Å²) in [6.07, 6.45) is 3.04. The molecule has 0 spiro atoms. The monoisotopic (exact) mass is 817 g/mol. The van der Waals surface area contributed by atoms with Gasteiger partial charge in [0.15, 0.2) is 5.78 Å². The van der Waals surface area contributed by atoms with E-state index in [0.29, 0.717) is 66.9 Å². The average Bonchev–Trinajstić information content (AvgIpc) is 3.72. The number of nitrogens with zero attached hydrogens (tertiary/aromatic N) is 4. The minimum atomic E-state index is -4.31. The molecule has 0 fully saturated rings. The first-order valence-corrected chi connectivity index (χ1v) is 20.6. The van der Waals surface area contributed by atoms with Crippen molar-refractivity contribution in [2.45, 2.75) is 63.9 Å². The van der Waals surface area contributed by atoms with E-state index >= 15 is 0 Å². The maximum atomic E-state index is 14.4. The molecule has 5 aromatic rings. The SMILES string of the molecule is CCCCC(=O)c1nn(-c2ccc(C(=O)NS(=O)(=O)c3ccc4c(c3)CCN4Cc3ccc(Cl)c(Cl)c3)cc2C(=O)N2CCc3ccccc3C2)c(C)c1Cl. The third-order valence-electron chi connectivity index (χ3n) is 10.1. The number of amides is 2. The maximum Gasteiger partial charge on any atom is 0.265 e. The Balaban J connectivity index is 1.17. The van der Waals surface area contributed by atoms with Crippen molar-refractivity contribution in [3.8, 4) is 5.69 Å². The molecule has 0 saturated heterocycles. The number of rotatable bonds is 11. The quantitative estimate of drug-likeness (QED) is 0.133. The van der Waals surface area contributed by atoms with Gasteiger partial charge in [0, 0.05) is 43.9 Å². The van der Waals surface area contributed by atoms with Crippen molar-refractivity contribution in [2.24, 2.45) is 0 Å². The van der Waals surface area contributed by atoms with Gasteiger partial charge in [0.25, 0.3) is 21.8 Å². The van der Waals surface area contributed by atoms with Crippen LogP contribution in [-0.2, 0) is 36.0 Å². The van der Waals surface area contributed by atoms with Gasteiger partial charge in [-0.15, -0.1) is 0 Å². The van der Waals surface area contributed by atoms with Gasteiger partial charge in [-0.3, -0.25) is 14.4 Å². The van der Waals surface area contributed by atoms with E-state index in [1.54, 1.807) is 30.0 Å². The minimum absolute atomic E-state index is 0.0443. The van der Waals surface area contributed by atoms with E-state index in [0.717, 1.165) is 34.4 Å². The second-order valence-corrected chi connectivity index (χ2v) is 16.7. The molecule has 0 saturated carbocycles. The van der Waals surface area contributed by atoms with Gasteiger partial charge in [0.2, 0.25) is 0 Å². The van der Waals surface area contributed by atoms with E-state index in [1.807, 2.05) is 43.3 Å². The molecule has 7 rings (SSSR count). The minimum Gasteiger partial charge on any atom is -0.367 e. The summed E-state index contributed by atoms with van der Waals surface area (Å²) in [6, 6.07) is 22.5. The number of anilines is 1. The number of ketones is 1. The van der Waals surface area contributed by atoms with Crippen molar-refractivity contribution < 1.29 is 22.8 Å². The van der Waals surface area contributed by atoms with Crippen LogP contribution in [0.4, 0.5) is 5.69 Å². The topological polar surface area (TPSA) is 122 Å². The Morgan fingerprint density at radius 3 is 2.35 bits per heavy atom. The highest BCUT2D eigenvalue weighted by Gasteiger charge is 2.29. The number of nitrogens with one attached hydrogen (secondary N) is 1. The molecule has 1 N–H and O–H groups in total. The predicted molar refractivity (Wildman–Crippen MR) is 214 cm³/mol. The molecule has 2 aliphatic rings. The maximum absolute atomic E-state index is 14.4. The summed E-state index contributed by atoms with van der Waals surface area (Å²) in [5.74, 6) is -1.49. The van der Waals surface area contributed by atoms with Crippen molar-refractivity contribution in [1.82, 2.24) is 19.4 Å². The summed E-state index contributed by atoms with van der Waals surface area (Å²) in [5.41, 5.74) is 5.78. The van der Waals surface area contributed by atoms with Crippen LogP contribution in [0.25, 0.3) is 5.69 Å². The van der Waals surface area contributed by atoms with Crippen molar-refractivity contribution in [3.63, 3.8) is 0 Å². The zero-order chi connectivity index (χ0) is 39.0. The highest BCUT2D eigenvalue weighted by Crippen LogP contribution is 2.33. The van der Waals surface area contributed by atoms with Gasteiger partial charge in [0.05, 0.1) is 36.9 Å². The third kappa shape index (κ3) is 7.89. The molecule has 0 unspecified atom stereocenters. The number of unbranched alkanes of at least 4 members (excludes halogenated alkanes) is 1. The number of halogens is 3. The van der Waals surface area contributed by atoms with Crippen molar-refractivity contribution in [2.75, 3.05) is 18.0 Å². The number of aromatic nitrogens is 2. The number of Topliss-reactive ketones (excluding diaryl/α,β-unsaturated/α-hetero) is 1. The molecule has 0 radical (unpaired) electrons. The Hall–Kier alpha value is -4.68. The van der Waals surface area contributed by atoms with Crippen molar-refractivity contribution in [1.29, 1.82) is 0 Å². The lowest BCUT2D eigenvalue weighted by molar-refractivity contribution is 0.0734. The standard InChI is InChI=1S/C41H38Cl3N5O5S/c1-3-4-9-37(50)39-38(44)25(2)49(45-39)36-14-11-29(22-32(36)41(52)48-19-16-27-7-5-6-8-30(27)24-48)40(51)46-55(53,54)31-12-15-35-28(21-31)17-18-47(35)23-26-10-13-33(42)34(43)20-26/h5-8,10-15,20-22H,3-4,9,16-19,23-24H2,1-2H3,(H,46,51). The van der Waals surface area contributed by atoms with Gasteiger partial charge in [-0.2, -0.15) is 5.10 Å². The van der Waals surface area contributed by atoms with E-state index < -0.39 is 15.9 Å². The molecule has 3 heterocycles. The largest absolute Gasteiger partial charge is 0.367 e. The van der Waals surface area contributed by atoms with Crippen LogP contribution in [0.15, 0.2) is 83.8 Å². The zero-order valence-electron chi connectivity index (χ0n) is 30.2. The average molecular weight is 819 g/mol. The van der Waals surface area contributed by atoms with Crippen LogP contribution in [0.5, 0.6) is 0 Å². The van der Waals surface area contributed by atoms with E-state index in [1.165, 1.54) is 28.9 Å². The summed E-state index contributed by atoms with van der Waals surface area (Å²) in [4.78, 5) is 44.9. The first-order chi connectivity index (χ1) is 26.3. The number of benzene rings is 4. The van der Waals surface area contributed by atoms with Gasteiger partial charge >= 0.3 is 0 Å². The molecule has 2 amide bonds. The van der Waals surface area contributed by atoms with Gasteiger partial charge < -0.3 is 9.80 Å². The molecule has 0 bridgehead atoms. The molecule has 10 nitrogen and oxygen atoms in total. The molecule has 0 aliphatic carbocycles. The fourth-order valence-electron chi connectivity index (χ4n) is 7.10. The van der Waals surface area contributed by atoms with E-state index in [4.69, 9.17) is 34.8 Å². The second-order valence-electron chi connectivity index (χ2n) is 13.8. The number of hydrogen-bond donors (Lipinski definition) is 1. The number of carbonyl (C=O) groups excluding carboxylic acids is 3. The van der Waals surface area contributed by atoms with E-state index in [9.17, 15) is 22.8 Å². The number of fused-ring (bicyclic) bond motifs is 2. The van der Waals surface area contributed by atoms with E-state index in [2.05, 4.69) is 14.7 Å². The first kappa shape index (κ1) is 38.6. The fraction of sp³-hybridized carbons (Fsp3) is 0.268. The Bertz CT molecular complexity index is 2470. The van der Waals surface area contributed by atoms with Crippen molar-refractivity contribution >= 4 is 68.1 Å². The lowest BCUT2D eigenvalue weighted by atomic mass is 9.98. The fourth-order valence-corrected chi connectivity index (χ4v) is 8.67. The second kappa shape index (κ2) is 15.8. The number of sulfonamides is 1.